The molecule has 1 aliphatic heterocycles. The number of nitrogens with one attached hydrogen (secondary N) is 3. The quantitative estimate of drug-likeness (QED) is 0.322. The first-order valence-corrected chi connectivity index (χ1v) is 12.9. The molecule has 4 aromatic rings. The predicted molar refractivity (Wildman–Crippen MR) is 138 cm³/mol. The third kappa shape index (κ3) is 5.57. The maximum absolute atomic E-state index is 12.9. The van der Waals surface area contributed by atoms with Crippen molar-refractivity contribution in [1.82, 2.24) is 25.6 Å². The number of hydrogen-bond acceptors (Lipinski definition) is 6. The molecule has 0 unspecified atom stereocenters. The second-order valence-electron chi connectivity index (χ2n) is 8.74. The maximum Gasteiger partial charge on any atom is 0.416 e. The van der Waals surface area contributed by atoms with E-state index in [1.165, 1.54) is 23.4 Å². The molecule has 192 valence electrons. The molecule has 2 aromatic carbocycles. The largest absolute Gasteiger partial charge is 0.416 e. The Morgan fingerprint density at radius 3 is 2.59 bits per heavy atom. The van der Waals surface area contributed by atoms with Crippen LogP contribution >= 0.6 is 11.8 Å². The average molecular weight is 527 g/mol. The fraction of sp³-hybridized carbons (Fsp3) is 0.269. The van der Waals surface area contributed by atoms with Gasteiger partial charge in [-0.05, 0) is 47.7 Å². The van der Waals surface area contributed by atoms with E-state index in [0.717, 1.165) is 23.1 Å². The van der Waals surface area contributed by atoms with E-state index in [2.05, 4.69) is 25.6 Å². The summed E-state index contributed by atoms with van der Waals surface area (Å²) in [6.45, 7) is 2.11. The molecule has 1 aliphatic rings. The molecule has 0 saturated carbocycles. The van der Waals surface area contributed by atoms with Gasteiger partial charge in [-0.1, -0.05) is 24.3 Å². The number of hydrogen-bond donors (Lipinski definition) is 3. The van der Waals surface area contributed by atoms with E-state index in [-0.39, 0.29) is 5.91 Å². The number of nitrogens with zero attached hydrogens (tertiary/aromatic N) is 3. The van der Waals surface area contributed by atoms with Crippen molar-refractivity contribution in [3.05, 3.63) is 72.1 Å². The summed E-state index contributed by atoms with van der Waals surface area (Å²) in [5.74, 6) is 0.579. The Labute approximate surface area is 215 Å². The highest BCUT2D eigenvalue weighted by atomic mass is 32.2. The van der Waals surface area contributed by atoms with Crippen LogP contribution in [-0.4, -0.2) is 52.8 Å². The van der Waals surface area contributed by atoms with Crippen LogP contribution in [0.5, 0.6) is 0 Å². The lowest BCUT2D eigenvalue weighted by molar-refractivity contribution is -0.137. The van der Waals surface area contributed by atoms with Crippen LogP contribution in [0.25, 0.3) is 22.3 Å². The van der Waals surface area contributed by atoms with Crippen LogP contribution in [0.15, 0.2) is 65.8 Å². The van der Waals surface area contributed by atoms with Gasteiger partial charge in [-0.3, -0.25) is 4.79 Å². The van der Waals surface area contributed by atoms with Gasteiger partial charge in [0.15, 0.2) is 0 Å². The van der Waals surface area contributed by atoms with Gasteiger partial charge in [-0.15, -0.1) is 11.8 Å². The van der Waals surface area contributed by atoms with Crippen molar-refractivity contribution in [1.29, 1.82) is 0 Å². The Balaban J connectivity index is 1.30. The minimum Gasteiger partial charge on any atom is -0.353 e. The van der Waals surface area contributed by atoms with E-state index in [9.17, 15) is 18.0 Å². The van der Waals surface area contributed by atoms with Gasteiger partial charge in [0.05, 0.1) is 10.9 Å². The number of benzene rings is 2. The summed E-state index contributed by atoms with van der Waals surface area (Å²) >= 11 is 1.67. The lowest BCUT2D eigenvalue weighted by atomic mass is 10.1. The third-order valence-corrected chi connectivity index (χ3v) is 7.09. The lowest BCUT2D eigenvalue weighted by Crippen LogP contribution is -2.57. The number of aromatic nitrogens is 3. The van der Waals surface area contributed by atoms with E-state index in [1.807, 2.05) is 41.5 Å². The standard InChI is InChI=1S/C26H25F3N6OS/c1-37-19-8-2-16(3-9-19)13-31-25(36)22-14-35(11-10-30-22)24-20-12-21(34-23(20)32-15-33-24)17-4-6-18(7-5-17)26(27,28)29/h2-9,12,15,22,30H,10-11,13-14H2,1H3,(H,31,36)(H,32,33,34)/t22-/m0/s1. The number of thioether (sulfide) groups is 1. The molecule has 11 heteroatoms. The molecule has 37 heavy (non-hydrogen) atoms. The van der Waals surface area contributed by atoms with Crippen molar-refractivity contribution in [2.75, 3.05) is 30.8 Å². The number of fused-ring (bicyclic) bond motifs is 1. The Hall–Kier alpha value is -3.57. The SMILES string of the molecule is CSc1ccc(CNC(=O)[C@@H]2CN(c3ncnc4[nH]c(-c5ccc(C(F)(F)F)cc5)cc34)CCN2)cc1. The van der Waals surface area contributed by atoms with Crippen LogP contribution in [0.2, 0.25) is 0 Å². The van der Waals surface area contributed by atoms with Gasteiger partial charge in [0.1, 0.15) is 23.8 Å². The van der Waals surface area contributed by atoms with Gasteiger partial charge in [0.25, 0.3) is 0 Å². The van der Waals surface area contributed by atoms with Gasteiger partial charge < -0.3 is 20.5 Å². The second-order valence-corrected chi connectivity index (χ2v) is 9.62. The number of piperazine rings is 1. The van der Waals surface area contributed by atoms with E-state index in [0.29, 0.717) is 48.9 Å². The molecule has 1 atom stereocenters. The zero-order valence-electron chi connectivity index (χ0n) is 20.0. The number of halogens is 3. The molecule has 1 amide bonds. The van der Waals surface area contributed by atoms with Crippen molar-refractivity contribution in [2.45, 2.75) is 23.7 Å². The van der Waals surface area contributed by atoms with Gasteiger partial charge in [0, 0.05) is 36.8 Å². The number of rotatable bonds is 6. The Bertz CT molecular complexity index is 1390. The summed E-state index contributed by atoms with van der Waals surface area (Å²) in [5.41, 5.74) is 2.16. The fourth-order valence-electron chi connectivity index (χ4n) is 4.35. The molecule has 0 bridgehead atoms. The fourth-order valence-corrected chi connectivity index (χ4v) is 4.75. The zero-order chi connectivity index (χ0) is 26.0. The van der Waals surface area contributed by atoms with Gasteiger partial charge in [0.2, 0.25) is 5.91 Å². The number of carbonyl (C=O) groups excluding carboxylic acids is 1. The molecular formula is C26H25F3N6OS. The zero-order valence-corrected chi connectivity index (χ0v) is 20.8. The Morgan fingerprint density at radius 2 is 1.89 bits per heavy atom. The van der Waals surface area contributed by atoms with Gasteiger partial charge in [-0.2, -0.15) is 13.2 Å². The summed E-state index contributed by atoms with van der Waals surface area (Å²) in [7, 11) is 0. The summed E-state index contributed by atoms with van der Waals surface area (Å²) in [4.78, 5) is 28.0. The van der Waals surface area contributed by atoms with Crippen molar-refractivity contribution in [3.63, 3.8) is 0 Å². The highest BCUT2D eigenvalue weighted by Crippen LogP contribution is 2.33. The smallest absolute Gasteiger partial charge is 0.353 e. The average Bonchev–Trinajstić information content (AvgIpc) is 3.36. The molecular weight excluding hydrogens is 501 g/mol. The Morgan fingerprint density at radius 1 is 1.14 bits per heavy atom. The minimum atomic E-state index is -4.39. The molecule has 7 nitrogen and oxygen atoms in total. The summed E-state index contributed by atoms with van der Waals surface area (Å²) < 4.78 is 38.8. The van der Waals surface area contributed by atoms with Crippen molar-refractivity contribution < 1.29 is 18.0 Å². The molecule has 0 spiro atoms. The van der Waals surface area contributed by atoms with Crippen LogP contribution in [0, 0.1) is 0 Å². The van der Waals surface area contributed by atoms with Gasteiger partial charge >= 0.3 is 6.18 Å². The van der Waals surface area contributed by atoms with E-state index < -0.39 is 17.8 Å². The molecule has 0 aliphatic carbocycles. The summed E-state index contributed by atoms with van der Waals surface area (Å²) in [5, 5.41) is 7.01. The van der Waals surface area contributed by atoms with Crippen molar-refractivity contribution in [2.24, 2.45) is 0 Å². The van der Waals surface area contributed by atoms with Crippen LogP contribution in [0.3, 0.4) is 0 Å². The number of alkyl halides is 3. The van der Waals surface area contributed by atoms with Gasteiger partial charge in [-0.25, -0.2) is 9.97 Å². The Kier molecular flexibility index (Phi) is 7.07. The van der Waals surface area contributed by atoms with E-state index >= 15 is 0 Å². The molecule has 2 aromatic heterocycles. The highest BCUT2D eigenvalue weighted by Gasteiger charge is 2.30. The minimum absolute atomic E-state index is 0.0940. The molecule has 1 saturated heterocycles. The van der Waals surface area contributed by atoms with Crippen LogP contribution in [0.1, 0.15) is 11.1 Å². The first-order valence-electron chi connectivity index (χ1n) is 11.7. The van der Waals surface area contributed by atoms with Crippen LogP contribution in [0.4, 0.5) is 19.0 Å². The summed E-state index contributed by atoms with van der Waals surface area (Å²) in [6, 6.07) is 14.5. The predicted octanol–water partition coefficient (Wildman–Crippen LogP) is 4.46. The first-order chi connectivity index (χ1) is 17.8. The van der Waals surface area contributed by atoms with Crippen molar-refractivity contribution in [3.8, 4) is 11.3 Å². The number of aromatic amines is 1. The molecule has 0 radical (unpaired) electrons. The highest BCUT2D eigenvalue weighted by molar-refractivity contribution is 7.98. The number of anilines is 1. The molecule has 5 rings (SSSR count). The van der Waals surface area contributed by atoms with E-state index in [4.69, 9.17) is 0 Å². The molecule has 1 fully saturated rings. The molecule has 3 heterocycles. The first kappa shape index (κ1) is 25.1. The summed E-state index contributed by atoms with van der Waals surface area (Å²) in [6.07, 6.45) is -0.923. The third-order valence-electron chi connectivity index (χ3n) is 6.35. The number of amides is 1. The van der Waals surface area contributed by atoms with E-state index in [1.54, 1.807) is 11.8 Å². The van der Waals surface area contributed by atoms with Crippen LogP contribution in [-0.2, 0) is 17.5 Å². The maximum atomic E-state index is 12.9. The molecule has 3 N–H and O–H groups in total. The lowest BCUT2D eigenvalue weighted by Gasteiger charge is -2.34. The monoisotopic (exact) mass is 526 g/mol. The topological polar surface area (TPSA) is 85.9 Å². The van der Waals surface area contributed by atoms with Crippen LogP contribution < -0.4 is 15.5 Å². The number of H-pyrrole nitrogens is 1. The second kappa shape index (κ2) is 10.4. The normalized spacial score (nSPS) is 16.2. The number of carbonyl (C=O) groups is 1. The van der Waals surface area contributed by atoms with Crippen molar-refractivity contribution >= 4 is 34.5 Å².